The van der Waals surface area contributed by atoms with Gasteiger partial charge in [0, 0.05) is 6.07 Å². The Labute approximate surface area is 103 Å². The normalized spacial score (nSPS) is 10.1. The van der Waals surface area contributed by atoms with Crippen molar-refractivity contribution in [2.45, 2.75) is 6.92 Å². The molecule has 0 atom stereocenters. The predicted octanol–water partition coefficient (Wildman–Crippen LogP) is 3.40. The van der Waals surface area contributed by atoms with Gasteiger partial charge < -0.3 is 9.84 Å². The van der Waals surface area contributed by atoms with E-state index in [2.05, 4.69) is 0 Å². The molecule has 92 valence electrons. The lowest BCUT2D eigenvalue weighted by Gasteiger charge is -2.06. The summed E-state index contributed by atoms with van der Waals surface area (Å²) in [6.45, 7) is 1.78. The largest absolute Gasteiger partial charge is 0.508 e. The zero-order valence-electron chi connectivity index (χ0n) is 9.66. The molecule has 2 aromatic carbocycles. The van der Waals surface area contributed by atoms with Crippen molar-refractivity contribution in [3.8, 4) is 17.2 Å². The van der Waals surface area contributed by atoms with Gasteiger partial charge in [0.05, 0.1) is 4.92 Å². The number of phenols is 1. The highest BCUT2D eigenvalue weighted by atomic mass is 16.6. The summed E-state index contributed by atoms with van der Waals surface area (Å²) in [5.74, 6) is 0.719. The second-order valence-corrected chi connectivity index (χ2v) is 3.82. The van der Waals surface area contributed by atoms with Crippen LogP contribution >= 0.6 is 0 Å². The molecule has 0 spiro atoms. The van der Waals surface area contributed by atoms with Crippen LogP contribution in [0.3, 0.4) is 0 Å². The molecule has 0 amide bonds. The summed E-state index contributed by atoms with van der Waals surface area (Å²) in [7, 11) is 0. The fourth-order valence-electron chi connectivity index (χ4n) is 1.50. The molecule has 2 aromatic rings. The van der Waals surface area contributed by atoms with Gasteiger partial charge in [-0.05, 0) is 42.8 Å². The van der Waals surface area contributed by atoms with Crippen LogP contribution in [0.5, 0.6) is 17.2 Å². The average Bonchev–Trinajstić information content (AvgIpc) is 2.34. The van der Waals surface area contributed by atoms with Crippen molar-refractivity contribution < 1.29 is 14.8 Å². The van der Waals surface area contributed by atoms with Crippen LogP contribution in [-0.4, -0.2) is 10.0 Å². The first-order chi connectivity index (χ1) is 8.56. The molecule has 5 heteroatoms. The van der Waals surface area contributed by atoms with Crippen molar-refractivity contribution >= 4 is 5.69 Å². The maximum atomic E-state index is 10.9. The van der Waals surface area contributed by atoms with Gasteiger partial charge in [-0.2, -0.15) is 0 Å². The average molecular weight is 245 g/mol. The van der Waals surface area contributed by atoms with Crippen LogP contribution in [-0.2, 0) is 0 Å². The van der Waals surface area contributed by atoms with Crippen LogP contribution in [0.2, 0.25) is 0 Å². The number of nitro benzene ring substituents is 1. The summed E-state index contributed by atoms with van der Waals surface area (Å²) in [6, 6.07) is 10.7. The Morgan fingerprint density at radius 3 is 2.44 bits per heavy atom. The highest BCUT2D eigenvalue weighted by Gasteiger charge is 2.15. The van der Waals surface area contributed by atoms with E-state index in [-0.39, 0.29) is 17.2 Å². The maximum Gasteiger partial charge on any atom is 0.311 e. The maximum absolute atomic E-state index is 10.9. The van der Waals surface area contributed by atoms with Gasteiger partial charge in [-0.15, -0.1) is 0 Å². The zero-order valence-corrected chi connectivity index (χ0v) is 9.66. The van der Waals surface area contributed by atoms with Crippen molar-refractivity contribution in [1.82, 2.24) is 0 Å². The Morgan fingerprint density at radius 2 is 1.83 bits per heavy atom. The smallest absolute Gasteiger partial charge is 0.311 e. The van der Waals surface area contributed by atoms with Crippen molar-refractivity contribution in [2.24, 2.45) is 0 Å². The Balaban J connectivity index is 2.34. The number of hydrogen-bond donors (Lipinski definition) is 1. The van der Waals surface area contributed by atoms with E-state index in [9.17, 15) is 10.1 Å². The zero-order chi connectivity index (χ0) is 13.1. The van der Waals surface area contributed by atoms with Gasteiger partial charge in [0.25, 0.3) is 0 Å². The second-order valence-electron chi connectivity index (χ2n) is 3.82. The standard InChI is InChI=1S/C13H11NO4/c1-9-2-7-13(12(8-9)14(16)17)18-11-5-3-10(15)4-6-11/h2-8,15H,1H3. The molecule has 0 aliphatic carbocycles. The van der Waals surface area contributed by atoms with E-state index in [1.807, 2.05) is 0 Å². The number of aromatic hydroxyl groups is 1. The van der Waals surface area contributed by atoms with E-state index in [1.54, 1.807) is 31.2 Å². The molecule has 18 heavy (non-hydrogen) atoms. The van der Waals surface area contributed by atoms with E-state index >= 15 is 0 Å². The molecule has 0 unspecified atom stereocenters. The van der Waals surface area contributed by atoms with Gasteiger partial charge >= 0.3 is 5.69 Å². The first-order valence-electron chi connectivity index (χ1n) is 5.28. The quantitative estimate of drug-likeness (QED) is 0.664. The summed E-state index contributed by atoms with van der Waals surface area (Å²) < 4.78 is 5.43. The lowest BCUT2D eigenvalue weighted by Crippen LogP contribution is -1.94. The lowest BCUT2D eigenvalue weighted by atomic mass is 10.2. The van der Waals surface area contributed by atoms with Crippen LogP contribution < -0.4 is 4.74 Å². The molecule has 0 saturated carbocycles. The van der Waals surface area contributed by atoms with Crippen LogP contribution in [0, 0.1) is 17.0 Å². The molecule has 0 aromatic heterocycles. The molecular weight excluding hydrogens is 234 g/mol. The number of phenolic OH excluding ortho intramolecular Hbond substituents is 1. The number of nitro groups is 1. The molecule has 2 rings (SSSR count). The van der Waals surface area contributed by atoms with Crippen molar-refractivity contribution in [3.05, 3.63) is 58.1 Å². The minimum absolute atomic E-state index is 0.0805. The lowest BCUT2D eigenvalue weighted by molar-refractivity contribution is -0.385. The van der Waals surface area contributed by atoms with Crippen LogP contribution in [0.25, 0.3) is 0 Å². The van der Waals surface area contributed by atoms with Crippen molar-refractivity contribution in [2.75, 3.05) is 0 Å². The van der Waals surface area contributed by atoms with Gasteiger partial charge in [-0.1, -0.05) is 6.07 Å². The topological polar surface area (TPSA) is 72.6 Å². The Morgan fingerprint density at radius 1 is 1.17 bits per heavy atom. The molecule has 0 radical (unpaired) electrons. The summed E-state index contributed by atoms with van der Waals surface area (Å²) >= 11 is 0. The van der Waals surface area contributed by atoms with Crippen molar-refractivity contribution in [3.63, 3.8) is 0 Å². The van der Waals surface area contributed by atoms with E-state index < -0.39 is 4.92 Å². The summed E-state index contributed by atoms with van der Waals surface area (Å²) in [5.41, 5.74) is 0.711. The van der Waals surface area contributed by atoms with Gasteiger partial charge in [0.2, 0.25) is 5.75 Å². The summed E-state index contributed by atoms with van der Waals surface area (Å²) in [5, 5.41) is 20.0. The number of benzene rings is 2. The molecule has 0 saturated heterocycles. The molecule has 0 bridgehead atoms. The molecule has 1 N–H and O–H groups in total. The van der Waals surface area contributed by atoms with E-state index in [0.717, 1.165) is 5.56 Å². The molecule has 0 aliphatic heterocycles. The molecule has 0 heterocycles. The van der Waals surface area contributed by atoms with E-state index in [4.69, 9.17) is 9.84 Å². The monoisotopic (exact) mass is 245 g/mol. The van der Waals surface area contributed by atoms with Crippen LogP contribution in [0.15, 0.2) is 42.5 Å². The first kappa shape index (κ1) is 11.9. The van der Waals surface area contributed by atoms with Gasteiger partial charge in [-0.3, -0.25) is 10.1 Å². The Kier molecular flexibility index (Phi) is 3.14. The molecule has 0 aliphatic rings. The third-order valence-electron chi connectivity index (χ3n) is 2.38. The van der Waals surface area contributed by atoms with Gasteiger partial charge in [-0.25, -0.2) is 0 Å². The third-order valence-corrected chi connectivity index (χ3v) is 2.38. The number of hydrogen-bond acceptors (Lipinski definition) is 4. The first-order valence-corrected chi connectivity index (χ1v) is 5.28. The highest BCUT2D eigenvalue weighted by molar-refractivity contribution is 5.50. The predicted molar refractivity (Wildman–Crippen MR) is 66.0 cm³/mol. The fraction of sp³-hybridized carbons (Fsp3) is 0.0769. The summed E-state index contributed by atoms with van der Waals surface area (Å²) in [4.78, 5) is 10.4. The fourth-order valence-corrected chi connectivity index (χ4v) is 1.50. The Hall–Kier alpha value is -2.56. The second kappa shape index (κ2) is 4.75. The highest BCUT2D eigenvalue weighted by Crippen LogP contribution is 2.32. The number of aryl methyl sites for hydroxylation is 1. The SMILES string of the molecule is Cc1ccc(Oc2ccc(O)cc2)c([N+](=O)[O-])c1. The number of rotatable bonds is 3. The molecule has 0 fully saturated rings. The minimum Gasteiger partial charge on any atom is -0.508 e. The van der Waals surface area contributed by atoms with Crippen LogP contribution in [0.4, 0.5) is 5.69 Å². The third kappa shape index (κ3) is 2.57. The van der Waals surface area contributed by atoms with E-state index in [1.165, 1.54) is 18.2 Å². The van der Waals surface area contributed by atoms with E-state index in [0.29, 0.717) is 5.75 Å². The van der Waals surface area contributed by atoms with Crippen molar-refractivity contribution in [1.29, 1.82) is 0 Å². The van der Waals surface area contributed by atoms with Gasteiger partial charge in [0.1, 0.15) is 11.5 Å². The van der Waals surface area contributed by atoms with Crippen LogP contribution in [0.1, 0.15) is 5.56 Å². The van der Waals surface area contributed by atoms with Gasteiger partial charge in [0.15, 0.2) is 0 Å². The number of nitrogens with zero attached hydrogens (tertiary/aromatic N) is 1. The molecular formula is C13H11NO4. The Bertz CT molecular complexity index is 578. The molecule has 5 nitrogen and oxygen atoms in total. The minimum atomic E-state index is -0.483. The summed E-state index contributed by atoms with van der Waals surface area (Å²) in [6.07, 6.45) is 0. The number of ether oxygens (including phenoxy) is 1.